The van der Waals surface area contributed by atoms with E-state index in [2.05, 4.69) is 76.4 Å². The van der Waals surface area contributed by atoms with Gasteiger partial charge in [-0.2, -0.15) is 0 Å². The zero-order chi connectivity index (χ0) is 31.8. The molecular weight excluding hydrogens is 562 g/mol. The fraction of sp³-hybridized carbons (Fsp3) is 0.421. The monoisotopic (exact) mass is 609 g/mol. The van der Waals surface area contributed by atoms with Crippen LogP contribution in [0.5, 0.6) is 5.75 Å². The van der Waals surface area contributed by atoms with E-state index in [1.807, 2.05) is 12.1 Å². The topological polar surface area (TPSA) is 72.8 Å². The molecule has 0 spiro atoms. The van der Waals surface area contributed by atoms with Crippen LogP contribution in [0.1, 0.15) is 83.4 Å². The highest BCUT2D eigenvalue weighted by Gasteiger charge is 2.31. The third kappa shape index (κ3) is 7.88. The van der Waals surface area contributed by atoms with E-state index in [1.54, 1.807) is 32.9 Å². The summed E-state index contributed by atoms with van der Waals surface area (Å²) in [4.78, 5) is 28.2. The van der Waals surface area contributed by atoms with Crippen molar-refractivity contribution in [1.29, 1.82) is 0 Å². The van der Waals surface area contributed by atoms with Crippen LogP contribution in [0.2, 0.25) is 0 Å². The summed E-state index contributed by atoms with van der Waals surface area (Å²) in [6, 6.07) is 24.6. The zero-order valence-corrected chi connectivity index (χ0v) is 27.2. The second-order valence-corrected chi connectivity index (χ2v) is 12.5. The summed E-state index contributed by atoms with van der Waals surface area (Å²) in [5, 5.41) is 4.62. The van der Waals surface area contributed by atoms with Crippen molar-refractivity contribution in [3.8, 4) is 11.4 Å². The maximum atomic E-state index is 13.5. The number of para-hydroxylation sites is 1. The number of fused-ring (bicyclic) bond motifs is 1. The molecule has 1 atom stereocenters. The van der Waals surface area contributed by atoms with Crippen LogP contribution in [-0.4, -0.2) is 41.7 Å². The predicted molar refractivity (Wildman–Crippen MR) is 181 cm³/mol. The number of ether oxygens (including phenoxy) is 2. The lowest BCUT2D eigenvalue weighted by atomic mass is 9.96. The molecule has 1 aliphatic heterocycles. The molecule has 238 valence electrons. The Bertz CT molecular complexity index is 1580. The number of carbonyl (C=O) groups is 2. The van der Waals surface area contributed by atoms with Gasteiger partial charge in [-0.1, -0.05) is 56.2 Å². The number of piperidine rings is 1. The quantitative estimate of drug-likeness (QED) is 0.156. The fourth-order valence-corrected chi connectivity index (χ4v) is 6.15. The summed E-state index contributed by atoms with van der Waals surface area (Å²) >= 11 is 0. The minimum atomic E-state index is -1.10. The number of hydrogen-bond donors (Lipinski definition) is 1. The SMILES string of the molecule is CCCCC(NC(=O)Cc1ccc(OC(C)(C)C(=O)OCC)cc1)c1ccc(-n2ccc3ccccc32)cc1N1CCCCC1. The van der Waals surface area contributed by atoms with E-state index >= 15 is 0 Å². The lowest BCUT2D eigenvalue weighted by Crippen LogP contribution is -2.39. The van der Waals surface area contributed by atoms with E-state index in [9.17, 15) is 9.59 Å². The first kappa shape index (κ1) is 32.1. The number of nitrogens with zero attached hydrogens (tertiary/aromatic N) is 2. The molecule has 4 aromatic rings. The molecule has 1 aliphatic rings. The van der Waals surface area contributed by atoms with Gasteiger partial charge in [-0.25, -0.2) is 4.79 Å². The second-order valence-electron chi connectivity index (χ2n) is 12.5. The fourth-order valence-electron chi connectivity index (χ4n) is 6.15. The van der Waals surface area contributed by atoms with Crippen molar-refractivity contribution in [3.05, 3.63) is 90.1 Å². The number of rotatable bonds is 13. The summed E-state index contributed by atoms with van der Waals surface area (Å²) in [6.45, 7) is 9.69. The van der Waals surface area contributed by atoms with Crippen molar-refractivity contribution in [3.63, 3.8) is 0 Å². The number of unbranched alkanes of at least 4 members (excludes halogenated alkanes) is 1. The van der Waals surface area contributed by atoms with Gasteiger partial charge in [-0.05, 0) is 99.4 Å². The van der Waals surface area contributed by atoms with E-state index in [4.69, 9.17) is 9.47 Å². The Labute approximate surface area is 267 Å². The molecule has 1 fully saturated rings. The van der Waals surface area contributed by atoms with Crippen molar-refractivity contribution < 1.29 is 19.1 Å². The van der Waals surface area contributed by atoms with Gasteiger partial charge in [0.1, 0.15) is 5.75 Å². The molecule has 45 heavy (non-hydrogen) atoms. The highest BCUT2D eigenvalue weighted by atomic mass is 16.6. The van der Waals surface area contributed by atoms with Crippen molar-refractivity contribution in [2.24, 2.45) is 0 Å². The van der Waals surface area contributed by atoms with E-state index in [0.29, 0.717) is 12.4 Å². The van der Waals surface area contributed by atoms with Crippen molar-refractivity contribution >= 4 is 28.5 Å². The van der Waals surface area contributed by atoms with Crippen LogP contribution < -0.4 is 15.0 Å². The Morgan fingerprint density at radius 1 is 0.933 bits per heavy atom. The Hall–Kier alpha value is -4.26. The standard InChI is InChI=1S/C38H47N3O4/c1-5-7-14-33(39-36(42)26-28-16-19-31(20-17-28)45-38(3,4)37(43)44-6-2)32-21-18-30(27-35(32)40-23-11-8-12-24-40)41-25-22-29-13-9-10-15-34(29)41/h9-10,13,15-22,25,27,33H,5-8,11-12,14,23-24,26H2,1-4H3,(H,39,42). The molecular formula is C38H47N3O4. The zero-order valence-electron chi connectivity index (χ0n) is 27.2. The van der Waals surface area contributed by atoms with Gasteiger partial charge < -0.3 is 24.3 Å². The second kappa shape index (κ2) is 14.7. The largest absolute Gasteiger partial charge is 0.476 e. The first-order valence-electron chi connectivity index (χ1n) is 16.5. The average molecular weight is 610 g/mol. The van der Waals surface area contributed by atoms with Crippen molar-refractivity contribution in [2.75, 3.05) is 24.6 Å². The molecule has 7 heteroatoms. The third-order valence-corrected chi connectivity index (χ3v) is 8.57. The van der Waals surface area contributed by atoms with Crippen molar-refractivity contribution in [1.82, 2.24) is 9.88 Å². The Balaban J connectivity index is 1.36. The van der Waals surface area contributed by atoms with E-state index in [-0.39, 0.29) is 18.4 Å². The van der Waals surface area contributed by atoms with E-state index in [1.165, 1.54) is 41.4 Å². The van der Waals surface area contributed by atoms with Crippen LogP contribution in [0.25, 0.3) is 16.6 Å². The predicted octanol–water partition coefficient (Wildman–Crippen LogP) is 7.93. The van der Waals surface area contributed by atoms with Gasteiger partial charge in [0.2, 0.25) is 5.91 Å². The molecule has 1 aromatic heterocycles. The molecule has 1 amide bonds. The van der Waals surface area contributed by atoms with Gasteiger partial charge in [-0.15, -0.1) is 0 Å². The first-order chi connectivity index (χ1) is 21.8. The molecule has 0 aliphatic carbocycles. The van der Waals surface area contributed by atoms with Gasteiger partial charge >= 0.3 is 5.97 Å². The number of hydrogen-bond acceptors (Lipinski definition) is 5. The summed E-state index contributed by atoms with van der Waals surface area (Å²) in [5.41, 5.74) is 4.51. The number of nitrogens with one attached hydrogen (secondary N) is 1. The third-order valence-electron chi connectivity index (χ3n) is 8.57. The normalized spacial score (nSPS) is 14.3. The molecule has 1 saturated heterocycles. The van der Waals surface area contributed by atoms with Gasteiger partial charge in [0.25, 0.3) is 0 Å². The number of benzene rings is 3. The van der Waals surface area contributed by atoms with E-state index in [0.717, 1.165) is 43.6 Å². The van der Waals surface area contributed by atoms with Gasteiger partial charge in [-0.3, -0.25) is 4.79 Å². The Morgan fingerprint density at radius 3 is 2.42 bits per heavy atom. The molecule has 2 heterocycles. The van der Waals surface area contributed by atoms with Gasteiger partial charge in [0, 0.05) is 30.7 Å². The highest BCUT2D eigenvalue weighted by Crippen LogP contribution is 2.35. The van der Waals surface area contributed by atoms with Crippen LogP contribution in [0, 0.1) is 0 Å². The summed E-state index contributed by atoms with van der Waals surface area (Å²) in [5.74, 6) is 0.131. The minimum Gasteiger partial charge on any atom is -0.476 e. The van der Waals surface area contributed by atoms with Crippen LogP contribution in [0.15, 0.2) is 79.0 Å². The summed E-state index contributed by atoms with van der Waals surface area (Å²) in [7, 11) is 0. The van der Waals surface area contributed by atoms with E-state index < -0.39 is 11.6 Å². The molecule has 7 nitrogen and oxygen atoms in total. The number of carbonyl (C=O) groups excluding carboxylic acids is 2. The number of aromatic nitrogens is 1. The van der Waals surface area contributed by atoms with Crippen LogP contribution >= 0.6 is 0 Å². The maximum absolute atomic E-state index is 13.5. The lowest BCUT2D eigenvalue weighted by Gasteiger charge is -2.33. The molecule has 1 unspecified atom stereocenters. The molecule has 0 saturated carbocycles. The average Bonchev–Trinajstić information content (AvgIpc) is 3.48. The molecule has 3 aromatic carbocycles. The minimum absolute atomic E-state index is 0.0123. The summed E-state index contributed by atoms with van der Waals surface area (Å²) < 4.78 is 13.3. The first-order valence-corrected chi connectivity index (χ1v) is 16.5. The van der Waals surface area contributed by atoms with Crippen LogP contribution in [0.3, 0.4) is 0 Å². The molecule has 0 radical (unpaired) electrons. The smallest absolute Gasteiger partial charge is 0.349 e. The van der Waals surface area contributed by atoms with Crippen molar-refractivity contribution in [2.45, 2.75) is 84.3 Å². The number of esters is 1. The molecule has 0 bridgehead atoms. The Morgan fingerprint density at radius 2 is 1.69 bits per heavy atom. The number of anilines is 1. The highest BCUT2D eigenvalue weighted by molar-refractivity contribution is 5.83. The van der Waals surface area contributed by atoms with Crippen LogP contribution in [-0.2, 0) is 20.7 Å². The van der Waals surface area contributed by atoms with Gasteiger partial charge in [0.05, 0.1) is 24.6 Å². The molecule has 1 N–H and O–H groups in total. The van der Waals surface area contributed by atoms with Gasteiger partial charge in [0.15, 0.2) is 5.60 Å². The van der Waals surface area contributed by atoms with Crippen LogP contribution in [0.4, 0.5) is 5.69 Å². The lowest BCUT2D eigenvalue weighted by molar-refractivity contribution is -0.158. The maximum Gasteiger partial charge on any atom is 0.349 e. The summed E-state index contributed by atoms with van der Waals surface area (Å²) in [6.07, 6.45) is 8.98. The number of amides is 1. The molecule has 5 rings (SSSR count). The Kier molecular flexibility index (Phi) is 10.5.